The molecule has 3 nitrogen and oxygen atoms in total. The summed E-state index contributed by atoms with van der Waals surface area (Å²) in [6.07, 6.45) is 2.94. The molecule has 0 radical (unpaired) electrons. The van der Waals surface area contributed by atoms with Crippen molar-refractivity contribution in [1.82, 2.24) is 4.57 Å². The normalized spacial score (nSPS) is 10.5. The second-order valence-electron chi connectivity index (χ2n) is 4.50. The molecule has 0 aliphatic carbocycles. The zero-order valence-electron chi connectivity index (χ0n) is 11.1. The Morgan fingerprint density at radius 3 is 2.84 bits per heavy atom. The summed E-state index contributed by atoms with van der Waals surface area (Å²) >= 11 is 3.42. The summed E-state index contributed by atoms with van der Waals surface area (Å²) in [6, 6.07) is 9.57. The van der Waals surface area contributed by atoms with Gasteiger partial charge in [0.1, 0.15) is 5.69 Å². The molecule has 0 saturated heterocycles. The van der Waals surface area contributed by atoms with E-state index >= 15 is 0 Å². The minimum Gasteiger partial charge on any atom is -0.344 e. The van der Waals surface area contributed by atoms with Gasteiger partial charge in [0, 0.05) is 22.9 Å². The third kappa shape index (κ3) is 3.26. The Bertz CT molecular complexity index is 590. The van der Waals surface area contributed by atoms with Crippen LogP contribution in [0, 0.1) is 6.92 Å². The Balaban J connectivity index is 2.18. The van der Waals surface area contributed by atoms with E-state index in [2.05, 4.69) is 28.2 Å². The van der Waals surface area contributed by atoms with E-state index in [-0.39, 0.29) is 5.91 Å². The molecule has 0 atom stereocenters. The van der Waals surface area contributed by atoms with Crippen molar-refractivity contribution in [3.63, 3.8) is 0 Å². The Morgan fingerprint density at radius 2 is 2.16 bits per heavy atom. The molecule has 0 unspecified atom stereocenters. The van der Waals surface area contributed by atoms with E-state index in [1.54, 1.807) is 0 Å². The standard InChI is InChI=1S/C15H17BrN2O/c1-3-8-18-9-4-5-14(18)15(19)17-13-7-6-12(16)10-11(13)2/h4-7,9-10H,3,8H2,1-2H3,(H,17,19). The van der Waals surface area contributed by atoms with E-state index in [0.717, 1.165) is 28.7 Å². The van der Waals surface area contributed by atoms with Crippen LogP contribution >= 0.6 is 15.9 Å². The van der Waals surface area contributed by atoms with Crippen LogP contribution in [0.15, 0.2) is 41.0 Å². The number of hydrogen-bond donors (Lipinski definition) is 1. The third-order valence-corrected chi connectivity index (χ3v) is 3.46. The number of benzene rings is 1. The lowest BCUT2D eigenvalue weighted by atomic mass is 10.2. The highest BCUT2D eigenvalue weighted by Crippen LogP contribution is 2.20. The number of anilines is 1. The maximum absolute atomic E-state index is 12.3. The highest BCUT2D eigenvalue weighted by Gasteiger charge is 2.11. The first-order valence-electron chi connectivity index (χ1n) is 6.34. The molecule has 1 aromatic heterocycles. The minimum absolute atomic E-state index is 0.0659. The summed E-state index contributed by atoms with van der Waals surface area (Å²) in [5.74, 6) is -0.0659. The van der Waals surface area contributed by atoms with Crippen LogP contribution in [0.3, 0.4) is 0 Å². The maximum Gasteiger partial charge on any atom is 0.272 e. The van der Waals surface area contributed by atoms with Crippen LogP contribution in [0.4, 0.5) is 5.69 Å². The first-order chi connectivity index (χ1) is 9.11. The van der Waals surface area contributed by atoms with Crippen molar-refractivity contribution in [1.29, 1.82) is 0 Å². The van der Waals surface area contributed by atoms with Gasteiger partial charge in [0.05, 0.1) is 0 Å². The molecule has 100 valence electrons. The van der Waals surface area contributed by atoms with E-state index < -0.39 is 0 Å². The van der Waals surface area contributed by atoms with Gasteiger partial charge in [-0.15, -0.1) is 0 Å². The van der Waals surface area contributed by atoms with Gasteiger partial charge in [0.15, 0.2) is 0 Å². The first-order valence-corrected chi connectivity index (χ1v) is 7.13. The molecule has 0 aliphatic heterocycles. The summed E-state index contributed by atoms with van der Waals surface area (Å²) in [5.41, 5.74) is 2.58. The maximum atomic E-state index is 12.3. The van der Waals surface area contributed by atoms with Crippen molar-refractivity contribution in [2.45, 2.75) is 26.8 Å². The molecule has 0 aliphatic rings. The molecule has 0 fully saturated rings. The lowest BCUT2D eigenvalue weighted by molar-refractivity contribution is 0.101. The fourth-order valence-electron chi connectivity index (χ4n) is 2.01. The molecule has 4 heteroatoms. The van der Waals surface area contributed by atoms with Gasteiger partial charge in [-0.1, -0.05) is 22.9 Å². The van der Waals surface area contributed by atoms with Gasteiger partial charge < -0.3 is 9.88 Å². The summed E-state index contributed by atoms with van der Waals surface area (Å²) in [5, 5.41) is 2.96. The molecule has 0 spiro atoms. The molecule has 0 saturated carbocycles. The van der Waals surface area contributed by atoms with Crippen molar-refractivity contribution in [2.75, 3.05) is 5.32 Å². The fraction of sp³-hybridized carbons (Fsp3) is 0.267. The Kier molecular flexibility index (Phi) is 4.43. The average molecular weight is 321 g/mol. The molecule has 19 heavy (non-hydrogen) atoms. The highest BCUT2D eigenvalue weighted by molar-refractivity contribution is 9.10. The Hall–Kier alpha value is -1.55. The first kappa shape index (κ1) is 13.9. The van der Waals surface area contributed by atoms with Crippen molar-refractivity contribution >= 4 is 27.5 Å². The van der Waals surface area contributed by atoms with E-state index in [4.69, 9.17) is 0 Å². The summed E-state index contributed by atoms with van der Waals surface area (Å²) in [6.45, 7) is 4.93. The number of nitrogens with one attached hydrogen (secondary N) is 1. The lowest BCUT2D eigenvalue weighted by Gasteiger charge is -2.11. The largest absolute Gasteiger partial charge is 0.344 e. The van der Waals surface area contributed by atoms with Crippen LogP contribution in [0.1, 0.15) is 29.4 Å². The Morgan fingerprint density at radius 1 is 1.37 bits per heavy atom. The smallest absolute Gasteiger partial charge is 0.272 e. The van der Waals surface area contributed by atoms with Gasteiger partial charge in [0.25, 0.3) is 5.91 Å². The number of amides is 1. The lowest BCUT2D eigenvalue weighted by Crippen LogP contribution is -2.17. The quantitative estimate of drug-likeness (QED) is 0.899. The van der Waals surface area contributed by atoms with E-state index in [9.17, 15) is 4.79 Å². The number of halogens is 1. The second-order valence-corrected chi connectivity index (χ2v) is 5.42. The number of nitrogens with zero attached hydrogens (tertiary/aromatic N) is 1. The second kappa shape index (κ2) is 6.06. The van der Waals surface area contributed by atoms with Crippen molar-refractivity contribution in [3.05, 3.63) is 52.3 Å². The Labute approximate surface area is 121 Å². The molecular weight excluding hydrogens is 304 g/mol. The predicted molar refractivity (Wildman–Crippen MR) is 81.6 cm³/mol. The zero-order chi connectivity index (χ0) is 13.8. The van der Waals surface area contributed by atoms with Gasteiger partial charge in [-0.3, -0.25) is 4.79 Å². The molecule has 1 amide bonds. The number of aryl methyl sites for hydroxylation is 2. The number of aromatic nitrogens is 1. The van der Waals surface area contributed by atoms with Crippen molar-refractivity contribution < 1.29 is 4.79 Å². The fourth-order valence-corrected chi connectivity index (χ4v) is 2.49. The number of carbonyl (C=O) groups is 1. The molecule has 0 bridgehead atoms. The summed E-state index contributed by atoms with van der Waals surface area (Å²) in [4.78, 5) is 12.3. The summed E-state index contributed by atoms with van der Waals surface area (Å²) in [7, 11) is 0. The molecule has 1 heterocycles. The monoisotopic (exact) mass is 320 g/mol. The number of carbonyl (C=O) groups excluding carboxylic acids is 1. The molecule has 2 aromatic rings. The molecule has 2 rings (SSSR count). The van der Waals surface area contributed by atoms with Gasteiger partial charge in [-0.2, -0.15) is 0 Å². The van der Waals surface area contributed by atoms with Crippen LogP contribution in [0.25, 0.3) is 0 Å². The third-order valence-electron chi connectivity index (χ3n) is 2.96. The highest BCUT2D eigenvalue weighted by atomic mass is 79.9. The van der Waals surface area contributed by atoms with E-state index in [0.29, 0.717) is 5.69 Å². The number of rotatable bonds is 4. The summed E-state index contributed by atoms with van der Waals surface area (Å²) < 4.78 is 2.99. The van der Waals surface area contributed by atoms with Gasteiger partial charge in [-0.05, 0) is 49.2 Å². The van der Waals surface area contributed by atoms with Gasteiger partial charge >= 0.3 is 0 Å². The average Bonchev–Trinajstić information content (AvgIpc) is 2.81. The van der Waals surface area contributed by atoms with E-state index in [1.807, 2.05) is 48.0 Å². The molecule has 1 aromatic carbocycles. The van der Waals surface area contributed by atoms with Gasteiger partial charge in [-0.25, -0.2) is 0 Å². The topological polar surface area (TPSA) is 34.0 Å². The van der Waals surface area contributed by atoms with Crippen molar-refractivity contribution in [3.8, 4) is 0 Å². The van der Waals surface area contributed by atoms with Gasteiger partial charge in [0.2, 0.25) is 0 Å². The van der Waals surface area contributed by atoms with Crippen LogP contribution in [0.2, 0.25) is 0 Å². The van der Waals surface area contributed by atoms with Crippen LogP contribution in [0.5, 0.6) is 0 Å². The predicted octanol–water partition coefficient (Wildman–Crippen LogP) is 4.22. The zero-order valence-corrected chi connectivity index (χ0v) is 12.7. The number of hydrogen-bond acceptors (Lipinski definition) is 1. The van der Waals surface area contributed by atoms with Crippen LogP contribution in [-0.2, 0) is 6.54 Å². The van der Waals surface area contributed by atoms with Crippen LogP contribution in [-0.4, -0.2) is 10.5 Å². The van der Waals surface area contributed by atoms with Crippen molar-refractivity contribution in [2.24, 2.45) is 0 Å². The minimum atomic E-state index is -0.0659. The molecule has 1 N–H and O–H groups in total. The van der Waals surface area contributed by atoms with E-state index in [1.165, 1.54) is 0 Å². The van der Waals surface area contributed by atoms with Crippen LogP contribution < -0.4 is 5.32 Å². The SMILES string of the molecule is CCCn1cccc1C(=O)Nc1ccc(Br)cc1C. The molecular formula is C15H17BrN2O.